The molecule has 0 heterocycles. The number of hydrogen-bond acceptors (Lipinski definition) is 0. The normalized spacial score (nSPS) is 14.4. The third kappa shape index (κ3) is 4.78. The third-order valence-corrected chi connectivity index (χ3v) is 14.8. The fourth-order valence-corrected chi connectivity index (χ4v) is 11.9. The molecule has 0 amide bonds. The standard InChI is InChI=1S/C62H44/c1-61(2)54-27-14-13-20-45(54)46-31-30-41(35-55(46)61)58-50-24-10-8-22-48(50)57(49-23-9-11-25-51(49)58)40-17-15-16-37(32-40)38-28-29-39-34-53-56(36-42(39)33-38)62(3,4)60-52-26-12-6-19-44(52)43-18-5-7-21-47(43)59(53)60/h5-36H,1-4H3. The Morgan fingerprint density at radius 2 is 0.742 bits per heavy atom. The van der Waals surface area contributed by atoms with E-state index >= 15 is 0 Å². The molecule has 0 fully saturated rings. The van der Waals surface area contributed by atoms with Crippen LogP contribution in [0.3, 0.4) is 0 Å². The second kappa shape index (κ2) is 12.6. The topological polar surface area (TPSA) is 0 Å². The smallest absolute Gasteiger partial charge is 0.0165 e. The largest absolute Gasteiger partial charge is 0.0619 e. The molecule has 0 unspecified atom stereocenters. The summed E-state index contributed by atoms with van der Waals surface area (Å²) in [6.45, 7) is 9.59. The zero-order valence-corrected chi connectivity index (χ0v) is 35.5. The van der Waals surface area contributed by atoms with Crippen molar-refractivity contribution < 1.29 is 0 Å². The van der Waals surface area contributed by atoms with Crippen LogP contribution in [0.15, 0.2) is 194 Å². The van der Waals surface area contributed by atoms with Gasteiger partial charge < -0.3 is 0 Å². The maximum atomic E-state index is 2.49. The van der Waals surface area contributed by atoms with E-state index in [1.807, 2.05) is 0 Å². The Hall–Kier alpha value is -7.28. The van der Waals surface area contributed by atoms with E-state index in [0.29, 0.717) is 0 Å². The quantitative estimate of drug-likeness (QED) is 0.124. The van der Waals surface area contributed by atoms with Crippen molar-refractivity contribution >= 4 is 53.9 Å². The first-order chi connectivity index (χ1) is 30.3. The van der Waals surface area contributed by atoms with E-state index in [0.717, 1.165) is 0 Å². The highest BCUT2D eigenvalue weighted by Gasteiger charge is 2.39. The number of rotatable bonds is 3. The third-order valence-electron chi connectivity index (χ3n) is 14.8. The first kappa shape index (κ1) is 35.5. The first-order valence-electron chi connectivity index (χ1n) is 22.1. The van der Waals surface area contributed by atoms with Gasteiger partial charge in [-0.05, 0) is 162 Å². The van der Waals surface area contributed by atoms with Crippen LogP contribution in [0.2, 0.25) is 0 Å². The van der Waals surface area contributed by atoms with E-state index in [1.165, 1.54) is 132 Å². The molecular weight excluding hydrogens is 745 g/mol. The SMILES string of the molecule is CC1(C)c2ccccc2-c2ccc(-c3c4ccccc4c(-c4cccc(-c5ccc6cc7c(cc6c5)C(C)(C)c5c-7c6ccccc6c6ccccc56)c4)c4ccccc34)cc21. The maximum absolute atomic E-state index is 2.49. The summed E-state index contributed by atoms with van der Waals surface area (Å²) in [6, 6.07) is 73.4. The molecule has 0 heteroatoms. The highest BCUT2D eigenvalue weighted by Crippen LogP contribution is 2.56. The molecule has 0 spiro atoms. The minimum Gasteiger partial charge on any atom is -0.0619 e. The van der Waals surface area contributed by atoms with Crippen molar-refractivity contribution in [3.05, 3.63) is 216 Å². The molecule has 0 saturated carbocycles. The van der Waals surface area contributed by atoms with Crippen LogP contribution >= 0.6 is 0 Å². The number of hydrogen-bond donors (Lipinski definition) is 0. The molecule has 0 saturated heterocycles. The summed E-state index contributed by atoms with van der Waals surface area (Å²) in [5.74, 6) is 0. The molecule has 0 atom stereocenters. The molecule has 0 aromatic heterocycles. The Balaban J connectivity index is 0.956. The molecule has 0 bridgehead atoms. The molecular formula is C62H44. The van der Waals surface area contributed by atoms with Crippen LogP contribution in [-0.2, 0) is 10.8 Å². The van der Waals surface area contributed by atoms with E-state index < -0.39 is 0 Å². The molecule has 2 aliphatic rings. The second-order valence-electron chi connectivity index (χ2n) is 18.8. The van der Waals surface area contributed by atoms with Crippen LogP contribution in [0.4, 0.5) is 0 Å². The van der Waals surface area contributed by atoms with Crippen molar-refractivity contribution in [2.45, 2.75) is 38.5 Å². The van der Waals surface area contributed by atoms with Crippen LogP contribution in [0.1, 0.15) is 49.9 Å². The number of fused-ring (bicyclic) bond motifs is 14. The maximum Gasteiger partial charge on any atom is 0.0165 e. The summed E-state index contributed by atoms with van der Waals surface area (Å²) >= 11 is 0. The lowest BCUT2D eigenvalue weighted by Gasteiger charge is -2.24. The van der Waals surface area contributed by atoms with Crippen molar-refractivity contribution in [2.24, 2.45) is 0 Å². The Kier molecular flexibility index (Phi) is 7.23. The van der Waals surface area contributed by atoms with Crippen molar-refractivity contribution in [3.63, 3.8) is 0 Å². The molecule has 0 radical (unpaired) electrons. The van der Waals surface area contributed by atoms with Crippen LogP contribution in [0.25, 0.3) is 109 Å². The highest BCUT2D eigenvalue weighted by atomic mass is 14.4. The van der Waals surface area contributed by atoms with Crippen molar-refractivity contribution in [3.8, 4) is 55.6 Å². The van der Waals surface area contributed by atoms with Gasteiger partial charge in [-0.25, -0.2) is 0 Å². The Bertz CT molecular complexity index is 3690. The molecule has 11 aromatic rings. The minimum atomic E-state index is -0.145. The van der Waals surface area contributed by atoms with Gasteiger partial charge in [0.15, 0.2) is 0 Å². The van der Waals surface area contributed by atoms with E-state index in [2.05, 4.69) is 222 Å². The van der Waals surface area contributed by atoms with Gasteiger partial charge in [-0.1, -0.05) is 191 Å². The van der Waals surface area contributed by atoms with Gasteiger partial charge in [-0.3, -0.25) is 0 Å². The number of benzene rings is 11. The van der Waals surface area contributed by atoms with Crippen molar-refractivity contribution in [1.82, 2.24) is 0 Å². The molecule has 0 aliphatic heterocycles. The van der Waals surface area contributed by atoms with Crippen LogP contribution in [0, 0.1) is 0 Å². The lowest BCUT2D eigenvalue weighted by Crippen LogP contribution is -2.15. The molecule has 0 nitrogen and oxygen atoms in total. The van der Waals surface area contributed by atoms with Gasteiger partial charge >= 0.3 is 0 Å². The first-order valence-corrected chi connectivity index (χ1v) is 22.1. The lowest BCUT2D eigenvalue weighted by molar-refractivity contribution is 0.660. The molecule has 13 rings (SSSR count). The Morgan fingerprint density at radius 3 is 1.42 bits per heavy atom. The van der Waals surface area contributed by atoms with Crippen LogP contribution < -0.4 is 0 Å². The zero-order chi connectivity index (χ0) is 41.5. The predicted octanol–water partition coefficient (Wildman–Crippen LogP) is 17.1. The monoisotopic (exact) mass is 788 g/mol. The van der Waals surface area contributed by atoms with Crippen LogP contribution in [-0.4, -0.2) is 0 Å². The van der Waals surface area contributed by atoms with Gasteiger partial charge in [0.25, 0.3) is 0 Å². The lowest BCUT2D eigenvalue weighted by atomic mass is 9.79. The summed E-state index contributed by atoms with van der Waals surface area (Å²) in [5.41, 5.74) is 18.5. The molecule has 62 heavy (non-hydrogen) atoms. The fraction of sp³-hybridized carbons (Fsp3) is 0.0968. The fourth-order valence-electron chi connectivity index (χ4n) is 11.9. The highest BCUT2D eigenvalue weighted by molar-refractivity contribution is 6.22. The summed E-state index contributed by atoms with van der Waals surface area (Å²) in [4.78, 5) is 0. The molecule has 11 aromatic carbocycles. The average Bonchev–Trinajstić information content (AvgIpc) is 3.68. The molecule has 0 N–H and O–H groups in total. The predicted molar refractivity (Wildman–Crippen MR) is 265 cm³/mol. The van der Waals surface area contributed by atoms with Crippen molar-refractivity contribution in [1.29, 1.82) is 0 Å². The Labute approximate surface area is 362 Å². The summed E-state index contributed by atoms with van der Waals surface area (Å²) in [7, 11) is 0. The van der Waals surface area contributed by atoms with Gasteiger partial charge in [0, 0.05) is 10.8 Å². The van der Waals surface area contributed by atoms with E-state index in [1.54, 1.807) is 0 Å². The Morgan fingerprint density at radius 1 is 0.258 bits per heavy atom. The van der Waals surface area contributed by atoms with Crippen molar-refractivity contribution in [2.75, 3.05) is 0 Å². The summed E-state index contributed by atoms with van der Waals surface area (Å²) < 4.78 is 0. The van der Waals surface area contributed by atoms with E-state index in [4.69, 9.17) is 0 Å². The van der Waals surface area contributed by atoms with Gasteiger partial charge in [0.2, 0.25) is 0 Å². The van der Waals surface area contributed by atoms with Gasteiger partial charge in [-0.15, -0.1) is 0 Å². The zero-order valence-electron chi connectivity index (χ0n) is 35.5. The van der Waals surface area contributed by atoms with Gasteiger partial charge in [-0.2, -0.15) is 0 Å². The second-order valence-corrected chi connectivity index (χ2v) is 18.8. The van der Waals surface area contributed by atoms with Gasteiger partial charge in [0.05, 0.1) is 0 Å². The van der Waals surface area contributed by atoms with E-state index in [9.17, 15) is 0 Å². The van der Waals surface area contributed by atoms with Crippen LogP contribution in [0.5, 0.6) is 0 Å². The average molecular weight is 789 g/mol. The van der Waals surface area contributed by atoms with E-state index in [-0.39, 0.29) is 10.8 Å². The summed E-state index contributed by atoms with van der Waals surface area (Å²) in [5, 5.41) is 13.0. The minimum absolute atomic E-state index is 0.0677. The molecule has 292 valence electrons. The van der Waals surface area contributed by atoms with Gasteiger partial charge in [0.1, 0.15) is 0 Å². The summed E-state index contributed by atoms with van der Waals surface area (Å²) in [6.07, 6.45) is 0. The molecule has 2 aliphatic carbocycles.